The molecule has 0 saturated carbocycles. The van der Waals surface area contributed by atoms with Gasteiger partial charge in [0.15, 0.2) is 0 Å². The predicted octanol–water partition coefficient (Wildman–Crippen LogP) is 2.57. The van der Waals surface area contributed by atoms with E-state index in [1.165, 1.54) is 34.4 Å². The standard InChI is InChI=1S/C19H22N4O4S2/c1-2-3-9-21-29(26,27)15-6-4-5-14(12-15)22-17(24)7-10-23-13-20-18-16(19(23)25)8-11-28-18/h4-6,8,11-13,21H,2-3,7,9-10H2,1H3,(H,22,24). The Morgan fingerprint density at radius 1 is 1.28 bits per heavy atom. The van der Waals surface area contributed by atoms with Crippen molar-refractivity contribution in [2.45, 2.75) is 37.6 Å². The van der Waals surface area contributed by atoms with Gasteiger partial charge in [0.25, 0.3) is 5.56 Å². The first-order valence-electron chi connectivity index (χ1n) is 9.23. The number of aromatic nitrogens is 2. The van der Waals surface area contributed by atoms with Crippen molar-refractivity contribution in [3.05, 3.63) is 52.4 Å². The fraction of sp³-hybridized carbons (Fsp3) is 0.316. The first-order valence-corrected chi connectivity index (χ1v) is 11.6. The monoisotopic (exact) mass is 434 g/mol. The average molecular weight is 435 g/mol. The molecule has 29 heavy (non-hydrogen) atoms. The third-order valence-corrected chi connectivity index (χ3v) is 6.56. The Morgan fingerprint density at radius 2 is 2.10 bits per heavy atom. The Hall–Kier alpha value is -2.56. The van der Waals surface area contributed by atoms with Gasteiger partial charge in [0.2, 0.25) is 15.9 Å². The van der Waals surface area contributed by atoms with E-state index < -0.39 is 10.0 Å². The number of anilines is 1. The molecule has 1 amide bonds. The van der Waals surface area contributed by atoms with Crippen molar-refractivity contribution in [2.75, 3.05) is 11.9 Å². The van der Waals surface area contributed by atoms with Crippen LogP contribution in [-0.4, -0.2) is 30.4 Å². The van der Waals surface area contributed by atoms with Gasteiger partial charge in [-0.15, -0.1) is 11.3 Å². The van der Waals surface area contributed by atoms with Gasteiger partial charge in [-0.3, -0.25) is 14.2 Å². The molecule has 0 unspecified atom stereocenters. The quantitative estimate of drug-likeness (QED) is 0.503. The minimum atomic E-state index is -3.62. The zero-order valence-corrected chi connectivity index (χ0v) is 17.6. The van der Waals surface area contributed by atoms with Crippen LogP contribution in [0.1, 0.15) is 26.2 Å². The molecule has 0 radical (unpaired) electrons. The number of nitrogens with zero attached hydrogens (tertiary/aromatic N) is 2. The largest absolute Gasteiger partial charge is 0.326 e. The summed E-state index contributed by atoms with van der Waals surface area (Å²) in [5, 5.41) is 5.01. The van der Waals surface area contributed by atoms with Crippen LogP contribution in [0.15, 0.2) is 51.7 Å². The van der Waals surface area contributed by atoms with Crippen LogP contribution < -0.4 is 15.6 Å². The SMILES string of the molecule is CCCCNS(=O)(=O)c1cccc(NC(=O)CCn2cnc3sccc3c2=O)c1. The molecule has 154 valence electrons. The van der Waals surface area contributed by atoms with Gasteiger partial charge in [-0.1, -0.05) is 19.4 Å². The van der Waals surface area contributed by atoms with Crippen LogP contribution in [0, 0.1) is 0 Å². The lowest BCUT2D eigenvalue weighted by molar-refractivity contribution is -0.116. The number of carbonyl (C=O) groups excluding carboxylic acids is 1. The first kappa shape index (κ1) is 21.2. The molecule has 2 heterocycles. The maximum atomic E-state index is 12.3. The molecule has 10 heteroatoms. The molecule has 0 spiro atoms. The van der Waals surface area contributed by atoms with Crippen LogP contribution in [0.5, 0.6) is 0 Å². The number of aryl methyl sites for hydroxylation is 1. The van der Waals surface area contributed by atoms with Gasteiger partial charge in [0.05, 0.1) is 16.6 Å². The Kier molecular flexibility index (Phi) is 6.78. The van der Waals surface area contributed by atoms with Crippen LogP contribution in [0.3, 0.4) is 0 Å². The van der Waals surface area contributed by atoms with E-state index in [1.54, 1.807) is 23.6 Å². The molecule has 1 aromatic carbocycles. The minimum absolute atomic E-state index is 0.0585. The lowest BCUT2D eigenvalue weighted by Crippen LogP contribution is -2.25. The summed E-state index contributed by atoms with van der Waals surface area (Å²) in [4.78, 5) is 29.6. The number of fused-ring (bicyclic) bond motifs is 1. The van der Waals surface area contributed by atoms with Gasteiger partial charge in [-0.2, -0.15) is 0 Å². The van der Waals surface area contributed by atoms with E-state index in [9.17, 15) is 18.0 Å². The van der Waals surface area contributed by atoms with Gasteiger partial charge in [-0.25, -0.2) is 18.1 Å². The number of unbranched alkanes of at least 4 members (excludes halogenated alkanes) is 1. The molecule has 0 aliphatic carbocycles. The van der Waals surface area contributed by atoms with Gasteiger partial charge in [0.1, 0.15) is 4.83 Å². The van der Waals surface area contributed by atoms with Crippen LogP contribution in [0.4, 0.5) is 5.69 Å². The number of nitrogens with one attached hydrogen (secondary N) is 2. The summed E-state index contributed by atoms with van der Waals surface area (Å²) in [6.45, 7) is 2.53. The maximum Gasteiger partial charge on any atom is 0.262 e. The summed E-state index contributed by atoms with van der Waals surface area (Å²) in [5.41, 5.74) is 0.197. The summed E-state index contributed by atoms with van der Waals surface area (Å²) in [6, 6.07) is 7.80. The fourth-order valence-corrected chi connectivity index (χ4v) is 4.55. The highest BCUT2D eigenvalue weighted by Crippen LogP contribution is 2.16. The molecule has 0 atom stereocenters. The van der Waals surface area contributed by atoms with Crippen molar-refractivity contribution in [3.63, 3.8) is 0 Å². The number of benzene rings is 1. The van der Waals surface area contributed by atoms with Crippen LogP contribution >= 0.6 is 11.3 Å². The highest BCUT2D eigenvalue weighted by atomic mass is 32.2. The Labute approximate surface area is 172 Å². The van der Waals surface area contributed by atoms with E-state index in [4.69, 9.17) is 0 Å². The topological polar surface area (TPSA) is 110 Å². The number of amides is 1. The van der Waals surface area contributed by atoms with E-state index in [0.717, 1.165) is 12.8 Å². The van der Waals surface area contributed by atoms with E-state index in [2.05, 4.69) is 15.0 Å². The number of sulfonamides is 1. The number of thiophene rings is 1. The Balaban J connectivity index is 1.63. The third kappa shape index (κ3) is 5.28. The molecule has 0 aliphatic rings. The van der Waals surface area contributed by atoms with Gasteiger partial charge in [0, 0.05) is 25.2 Å². The van der Waals surface area contributed by atoms with Crippen LogP contribution in [0.25, 0.3) is 10.2 Å². The summed E-state index contributed by atoms with van der Waals surface area (Å²) in [6.07, 6.45) is 3.13. The number of hydrogen-bond donors (Lipinski definition) is 2. The van der Waals surface area contributed by atoms with E-state index in [1.807, 2.05) is 6.92 Å². The molecular weight excluding hydrogens is 412 g/mol. The maximum absolute atomic E-state index is 12.3. The summed E-state index contributed by atoms with van der Waals surface area (Å²) in [5.74, 6) is -0.323. The molecule has 0 bridgehead atoms. The van der Waals surface area contributed by atoms with Crippen LogP contribution in [-0.2, 0) is 21.4 Å². The van der Waals surface area contributed by atoms with Crippen molar-refractivity contribution in [1.82, 2.24) is 14.3 Å². The second kappa shape index (κ2) is 9.29. The number of carbonyl (C=O) groups is 1. The Morgan fingerprint density at radius 3 is 2.90 bits per heavy atom. The molecule has 3 aromatic rings. The normalized spacial score (nSPS) is 11.6. The molecule has 0 fully saturated rings. The highest BCUT2D eigenvalue weighted by Gasteiger charge is 2.14. The summed E-state index contributed by atoms with van der Waals surface area (Å²) in [7, 11) is -3.62. The van der Waals surface area contributed by atoms with E-state index in [-0.39, 0.29) is 29.3 Å². The second-order valence-corrected chi connectivity index (χ2v) is 9.12. The summed E-state index contributed by atoms with van der Waals surface area (Å²) >= 11 is 1.39. The number of rotatable bonds is 9. The van der Waals surface area contributed by atoms with Crippen molar-refractivity contribution >= 4 is 43.2 Å². The molecule has 8 nitrogen and oxygen atoms in total. The lowest BCUT2D eigenvalue weighted by atomic mass is 10.3. The second-order valence-electron chi connectivity index (χ2n) is 6.46. The molecule has 0 saturated heterocycles. The molecular formula is C19H22N4O4S2. The first-order chi connectivity index (χ1) is 13.9. The van der Waals surface area contributed by atoms with Gasteiger partial charge >= 0.3 is 0 Å². The molecule has 0 aliphatic heterocycles. The highest BCUT2D eigenvalue weighted by molar-refractivity contribution is 7.89. The van der Waals surface area contributed by atoms with E-state index in [0.29, 0.717) is 22.4 Å². The third-order valence-electron chi connectivity index (χ3n) is 4.28. The zero-order valence-electron chi connectivity index (χ0n) is 15.9. The van der Waals surface area contributed by atoms with Gasteiger partial charge < -0.3 is 5.32 Å². The van der Waals surface area contributed by atoms with Gasteiger partial charge in [-0.05, 0) is 36.1 Å². The lowest BCUT2D eigenvalue weighted by Gasteiger charge is -2.10. The smallest absolute Gasteiger partial charge is 0.262 e. The van der Waals surface area contributed by atoms with E-state index >= 15 is 0 Å². The minimum Gasteiger partial charge on any atom is -0.326 e. The van der Waals surface area contributed by atoms with Crippen molar-refractivity contribution in [3.8, 4) is 0 Å². The molecule has 2 aromatic heterocycles. The average Bonchev–Trinajstić information content (AvgIpc) is 3.17. The number of hydrogen-bond acceptors (Lipinski definition) is 6. The molecule has 3 rings (SSSR count). The zero-order chi connectivity index (χ0) is 20.9. The molecule has 2 N–H and O–H groups in total. The van der Waals surface area contributed by atoms with Crippen molar-refractivity contribution in [2.24, 2.45) is 0 Å². The summed E-state index contributed by atoms with van der Waals surface area (Å²) < 4.78 is 28.6. The van der Waals surface area contributed by atoms with Crippen LogP contribution in [0.2, 0.25) is 0 Å². The Bertz CT molecular complexity index is 1170. The van der Waals surface area contributed by atoms with Crippen molar-refractivity contribution < 1.29 is 13.2 Å². The fourth-order valence-electron chi connectivity index (χ4n) is 2.71. The predicted molar refractivity (Wildman–Crippen MR) is 114 cm³/mol. The van der Waals surface area contributed by atoms with Crippen molar-refractivity contribution in [1.29, 1.82) is 0 Å².